The van der Waals surface area contributed by atoms with Crippen molar-refractivity contribution in [3.63, 3.8) is 0 Å². The minimum atomic E-state index is 1.30. The monoisotopic (exact) mass is 512 g/mol. The van der Waals surface area contributed by atoms with Gasteiger partial charge in [-0.05, 0) is 100 Å². The molecule has 0 nitrogen and oxygen atoms in total. The molecular weight excluding hydrogens is 480 g/mol. The molecule has 0 heterocycles. The Morgan fingerprint density at radius 3 is 1.12 bits per heavy atom. The average molecular weight is 513 g/mol. The highest BCUT2D eigenvalue weighted by molar-refractivity contribution is 6.23. The van der Waals surface area contributed by atoms with Crippen LogP contribution < -0.4 is 0 Å². The first kappa shape index (κ1) is 24.4. The number of rotatable bonds is 1. The lowest BCUT2D eigenvalue weighted by atomic mass is 9.90. The first-order valence-electron chi connectivity index (χ1n) is 14.6. The first-order valence-corrected chi connectivity index (χ1v) is 14.6. The van der Waals surface area contributed by atoms with E-state index in [0.717, 1.165) is 0 Å². The van der Waals surface area contributed by atoms with Gasteiger partial charge in [0.1, 0.15) is 0 Å². The summed E-state index contributed by atoms with van der Waals surface area (Å²) in [6.45, 7) is 8.00. The topological polar surface area (TPSA) is 0 Å². The third kappa shape index (κ3) is 3.26. The summed E-state index contributed by atoms with van der Waals surface area (Å²) in [6, 6.07) is 45.2. The van der Waals surface area contributed by atoms with E-state index in [9.17, 15) is 0 Å². The van der Waals surface area contributed by atoms with Crippen molar-refractivity contribution in [3.8, 4) is 55.6 Å². The third-order valence-corrected chi connectivity index (χ3v) is 8.35. The fraction of sp³-hybridized carbons (Fsp3) is 0.100. The summed E-state index contributed by atoms with van der Waals surface area (Å²) in [4.78, 5) is 0. The van der Waals surface area contributed by atoms with E-state index in [2.05, 4.69) is 121 Å². The summed E-state index contributed by atoms with van der Waals surface area (Å²) >= 11 is 0. The van der Waals surface area contributed by atoms with Crippen molar-refractivity contribution >= 4 is 32.3 Å². The van der Waals surface area contributed by atoms with Gasteiger partial charge < -0.3 is 0 Å². The molecule has 0 saturated carbocycles. The zero-order chi connectivity index (χ0) is 27.4. The molecule has 0 unspecified atom stereocenters. The second-order valence-electron chi connectivity index (χ2n) is 10.1. The lowest BCUT2D eigenvalue weighted by Crippen LogP contribution is -1.86. The number of fused-ring (bicyclic) bond motifs is 7. The van der Waals surface area contributed by atoms with E-state index in [0.29, 0.717) is 0 Å². The summed E-state index contributed by atoms with van der Waals surface area (Å²) in [6.07, 6.45) is 0. The van der Waals surface area contributed by atoms with Crippen LogP contribution in [0.15, 0.2) is 121 Å². The number of hydrogen-bond acceptors (Lipinski definition) is 0. The van der Waals surface area contributed by atoms with E-state index in [1.165, 1.54) is 88.0 Å². The minimum absolute atomic E-state index is 1.30. The molecule has 0 aromatic heterocycles. The summed E-state index contributed by atoms with van der Waals surface area (Å²) in [5, 5.41) is 8.03. The van der Waals surface area contributed by atoms with Crippen molar-refractivity contribution in [2.24, 2.45) is 0 Å². The molecule has 2 aliphatic carbocycles. The first-order chi connectivity index (χ1) is 19.9. The summed E-state index contributed by atoms with van der Waals surface area (Å²) < 4.78 is 0. The molecule has 0 N–H and O–H groups in total. The predicted octanol–water partition coefficient (Wildman–Crippen LogP) is 12.2. The van der Waals surface area contributed by atoms with Crippen molar-refractivity contribution in [2.75, 3.05) is 0 Å². The number of hydrogen-bond donors (Lipinski definition) is 0. The molecule has 0 heteroatoms. The molecule has 40 heavy (non-hydrogen) atoms. The fourth-order valence-electron chi connectivity index (χ4n) is 6.82. The van der Waals surface area contributed by atoms with Crippen molar-refractivity contribution in [1.82, 2.24) is 0 Å². The zero-order valence-electron chi connectivity index (χ0n) is 23.5. The molecule has 0 fully saturated rings. The SMILES string of the molecule is CC.CC.c1ccc2c(c1)-c1cccc3c(-c4ccc5c6c(cccc46)-c4cc6ccccc6cc4-5)ccc-2c13. The highest BCUT2D eigenvalue weighted by Crippen LogP contribution is 2.53. The van der Waals surface area contributed by atoms with Crippen molar-refractivity contribution < 1.29 is 0 Å². The molecule has 2 aliphatic rings. The van der Waals surface area contributed by atoms with Gasteiger partial charge in [0.15, 0.2) is 0 Å². The molecule has 0 spiro atoms. The molecular formula is C40H32. The van der Waals surface area contributed by atoms with Gasteiger partial charge in [-0.1, -0.05) is 137 Å². The van der Waals surface area contributed by atoms with Crippen LogP contribution in [0.25, 0.3) is 88.0 Å². The van der Waals surface area contributed by atoms with Gasteiger partial charge >= 0.3 is 0 Å². The quantitative estimate of drug-likeness (QED) is 0.205. The molecule has 192 valence electrons. The highest BCUT2D eigenvalue weighted by Gasteiger charge is 2.26. The van der Waals surface area contributed by atoms with Crippen LogP contribution in [0.5, 0.6) is 0 Å². The maximum atomic E-state index is 2.37. The summed E-state index contributed by atoms with van der Waals surface area (Å²) in [5.74, 6) is 0. The second kappa shape index (κ2) is 9.50. The Morgan fingerprint density at radius 2 is 0.625 bits per heavy atom. The van der Waals surface area contributed by atoms with Crippen LogP contribution in [0.1, 0.15) is 27.7 Å². The maximum Gasteiger partial charge on any atom is -0.00201 e. The van der Waals surface area contributed by atoms with Crippen LogP contribution in [0.2, 0.25) is 0 Å². The molecule has 0 aliphatic heterocycles. The molecule has 9 rings (SSSR count). The Labute approximate surface area is 236 Å². The normalized spacial score (nSPS) is 11.5. The van der Waals surface area contributed by atoms with Gasteiger partial charge in [0, 0.05) is 0 Å². The minimum Gasteiger partial charge on any atom is -0.0683 e. The van der Waals surface area contributed by atoms with Gasteiger partial charge in [0.2, 0.25) is 0 Å². The fourth-order valence-corrected chi connectivity index (χ4v) is 6.82. The van der Waals surface area contributed by atoms with E-state index < -0.39 is 0 Å². The van der Waals surface area contributed by atoms with Crippen LogP contribution in [0.4, 0.5) is 0 Å². The Hall–Kier alpha value is -4.68. The average Bonchev–Trinajstić information content (AvgIpc) is 3.53. The van der Waals surface area contributed by atoms with Gasteiger partial charge in [-0.3, -0.25) is 0 Å². The Balaban J connectivity index is 0.000000636. The largest absolute Gasteiger partial charge is 0.0683 e. The molecule has 0 saturated heterocycles. The van der Waals surface area contributed by atoms with Gasteiger partial charge in [0.05, 0.1) is 0 Å². The maximum absolute atomic E-state index is 2.37. The van der Waals surface area contributed by atoms with Crippen molar-refractivity contribution in [3.05, 3.63) is 121 Å². The van der Waals surface area contributed by atoms with Gasteiger partial charge in [0.25, 0.3) is 0 Å². The lowest BCUT2D eigenvalue weighted by molar-refractivity contribution is 1.50. The van der Waals surface area contributed by atoms with Crippen molar-refractivity contribution in [1.29, 1.82) is 0 Å². The zero-order valence-corrected chi connectivity index (χ0v) is 23.5. The predicted molar refractivity (Wildman–Crippen MR) is 176 cm³/mol. The molecule has 0 radical (unpaired) electrons. The van der Waals surface area contributed by atoms with Crippen molar-refractivity contribution in [2.45, 2.75) is 27.7 Å². The van der Waals surface area contributed by atoms with E-state index >= 15 is 0 Å². The smallest absolute Gasteiger partial charge is 0.00201 e. The molecule has 0 bridgehead atoms. The Morgan fingerprint density at radius 1 is 0.275 bits per heavy atom. The van der Waals surface area contributed by atoms with Gasteiger partial charge in [-0.25, -0.2) is 0 Å². The van der Waals surface area contributed by atoms with Crippen LogP contribution in [0, 0.1) is 0 Å². The van der Waals surface area contributed by atoms with Gasteiger partial charge in [-0.15, -0.1) is 0 Å². The Bertz CT molecular complexity index is 2010. The Kier molecular flexibility index (Phi) is 5.79. The van der Waals surface area contributed by atoms with Crippen LogP contribution in [-0.2, 0) is 0 Å². The summed E-state index contributed by atoms with van der Waals surface area (Å²) in [7, 11) is 0. The highest BCUT2D eigenvalue weighted by atomic mass is 14.3. The number of benzene rings is 7. The van der Waals surface area contributed by atoms with E-state index in [4.69, 9.17) is 0 Å². The van der Waals surface area contributed by atoms with E-state index in [-0.39, 0.29) is 0 Å². The van der Waals surface area contributed by atoms with Crippen LogP contribution in [0.3, 0.4) is 0 Å². The summed E-state index contributed by atoms with van der Waals surface area (Å²) in [5.41, 5.74) is 13.4. The molecule has 0 atom stereocenters. The van der Waals surface area contributed by atoms with Crippen LogP contribution >= 0.6 is 0 Å². The van der Waals surface area contributed by atoms with Gasteiger partial charge in [-0.2, -0.15) is 0 Å². The van der Waals surface area contributed by atoms with E-state index in [1.807, 2.05) is 27.7 Å². The molecule has 7 aromatic carbocycles. The van der Waals surface area contributed by atoms with Crippen LogP contribution in [-0.4, -0.2) is 0 Å². The second-order valence-corrected chi connectivity index (χ2v) is 10.1. The third-order valence-electron chi connectivity index (χ3n) is 8.35. The molecule has 0 amide bonds. The van der Waals surface area contributed by atoms with E-state index in [1.54, 1.807) is 0 Å². The molecule has 7 aromatic rings. The lowest BCUT2D eigenvalue weighted by Gasteiger charge is -2.13. The standard InChI is InChI=1S/C36H20.2C2H6/c1-2-8-22-20-34-32-18-16-26(29-13-6-14-30(36(29)32)33(34)19-21(22)7-1)25-15-17-31-24-10-4-3-9-23(24)27-11-5-12-28(25)35(27)31;2*1-2/h1-20H;2*1-2H3.